The Labute approximate surface area is 337 Å². The molecule has 1 saturated heterocycles. The van der Waals surface area contributed by atoms with Crippen LogP contribution in [0.3, 0.4) is 0 Å². The molecule has 5 unspecified atom stereocenters. The lowest BCUT2D eigenvalue weighted by atomic mass is 9.94. The van der Waals surface area contributed by atoms with Crippen LogP contribution in [-0.4, -0.2) is 56.4 Å². The zero-order valence-electron chi connectivity index (χ0n) is 35.7. The van der Waals surface area contributed by atoms with E-state index in [9.17, 15) is 9.36 Å². The topological polar surface area (TPSA) is 102 Å². The van der Waals surface area contributed by atoms with Crippen molar-refractivity contribution in [1.82, 2.24) is 5.32 Å². The second-order valence-electron chi connectivity index (χ2n) is 15.1. The summed E-state index contributed by atoms with van der Waals surface area (Å²) in [5, 5.41) is 3.18. The molecular weight excluding hydrogens is 713 g/mol. The predicted octanol–water partition coefficient (Wildman–Crippen LogP) is 12.9. The molecule has 1 aliphatic rings. The van der Waals surface area contributed by atoms with Crippen molar-refractivity contribution in [2.75, 3.05) is 19.8 Å². The van der Waals surface area contributed by atoms with Crippen LogP contribution < -0.4 is 5.32 Å². The van der Waals surface area contributed by atoms with Gasteiger partial charge in [-0.05, 0) is 57.8 Å². The number of hydrogen-bond donors (Lipinski definition) is 1. The number of phosphoric acid groups is 1. The van der Waals surface area contributed by atoms with Crippen molar-refractivity contribution < 1.29 is 37.1 Å². The number of allylic oxidation sites excluding steroid dienone is 3. The molecule has 10 heteroatoms. The Morgan fingerprint density at radius 1 is 0.782 bits per heavy atom. The van der Waals surface area contributed by atoms with Gasteiger partial charge in [0.15, 0.2) is 0 Å². The quantitative estimate of drug-likeness (QED) is 0.0287. The molecule has 1 aliphatic heterocycles. The first kappa shape index (κ1) is 51.3. The van der Waals surface area contributed by atoms with E-state index < -0.39 is 38.5 Å². The molecule has 1 fully saturated rings. The largest absolute Gasteiger partial charge is 0.475 e. The summed E-state index contributed by atoms with van der Waals surface area (Å²) in [7, 11) is -4.11. The van der Waals surface area contributed by atoms with Gasteiger partial charge in [0.05, 0.1) is 25.6 Å². The fourth-order valence-corrected chi connectivity index (χ4v) is 8.10. The summed E-state index contributed by atoms with van der Waals surface area (Å²) in [5.74, 6) is 0.353. The van der Waals surface area contributed by atoms with Gasteiger partial charge in [-0.1, -0.05) is 148 Å². The Balaban J connectivity index is 2.94. The smallest absolute Gasteiger partial charge is 0.471 e. The Morgan fingerprint density at radius 2 is 1.35 bits per heavy atom. The van der Waals surface area contributed by atoms with E-state index in [1.165, 1.54) is 108 Å². The van der Waals surface area contributed by atoms with Crippen molar-refractivity contribution in [3.8, 4) is 0 Å². The maximum absolute atomic E-state index is 13.9. The van der Waals surface area contributed by atoms with Gasteiger partial charge >= 0.3 is 7.82 Å². The highest BCUT2D eigenvalue weighted by atomic mass is 31.2. The van der Waals surface area contributed by atoms with Crippen LogP contribution in [0.15, 0.2) is 49.8 Å². The Hall–Kier alpha value is -1.74. The van der Waals surface area contributed by atoms with Crippen molar-refractivity contribution in [3.63, 3.8) is 0 Å². The molecule has 1 heterocycles. The van der Waals surface area contributed by atoms with Crippen molar-refractivity contribution in [3.05, 3.63) is 49.8 Å². The summed E-state index contributed by atoms with van der Waals surface area (Å²) < 4.78 is 50.5. The molecule has 0 aromatic heterocycles. The van der Waals surface area contributed by atoms with Crippen LogP contribution in [0.5, 0.6) is 0 Å². The number of carbonyl (C=O) groups excluding carboxylic acids is 1. The van der Waals surface area contributed by atoms with Crippen LogP contribution in [0.2, 0.25) is 0 Å². The second kappa shape index (κ2) is 34.3. The lowest BCUT2D eigenvalue weighted by Crippen LogP contribution is -2.65. The van der Waals surface area contributed by atoms with E-state index in [1.54, 1.807) is 12.3 Å². The summed E-state index contributed by atoms with van der Waals surface area (Å²) in [6, 6.07) is -0.738. The first-order valence-electron chi connectivity index (χ1n) is 22.1. The molecule has 0 aromatic carbocycles. The van der Waals surface area contributed by atoms with Crippen LogP contribution in [0.4, 0.5) is 0 Å². The van der Waals surface area contributed by atoms with E-state index in [1.807, 2.05) is 13.8 Å². The standard InChI is InChI=1S/C45H82NO8P/c1-8-14-16-18-19-20-21-22-23-24-25-26-27-29-31-33-41(47)46-42-44(49-38-34-39(7)32-30-28-17-15-9-2)43(40(13-6)53-45(42)50-35-10-3)54-55(48,51-36-11-4)52-37-12-5/h10-12,20-21,35,39-40,42-45H,4-5,8-9,13-19,22-34,36-38H2,1-3,6-7H3,(H,46,47)/b21-20-,35-10-/t39-,40?,42?,43?,44?,45?/m1/s1. The number of hydrogen-bond acceptors (Lipinski definition) is 8. The second-order valence-corrected chi connectivity index (χ2v) is 16.7. The zero-order valence-corrected chi connectivity index (χ0v) is 36.6. The molecule has 1 N–H and O–H groups in total. The molecule has 0 radical (unpaired) electrons. The monoisotopic (exact) mass is 796 g/mol. The van der Waals surface area contributed by atoms with Crippen LogP contribution in [0.25, 0.3) is 0 Å². The van der Waals surface area contributed by atoms with Crippen molar-refractivity contribution in [2.24, 2.45) is 5.92 Å². The molecule has 9 nitrogen and oxygen atoms in total. The number of rotatable bonds is 37. The lowest BCUT2D eigenvalue weighted by Gasteiger charge is -2.46. The van der Waals surface area contributed by atoms with Crippen molar-refractivity contribution in [1.29, 1.82) is 0 Å². The van der Waals surface area contributed by atoms with E-state index in [0.717, 1.165) is 32.1 Å². The molecule has 0 aromatic rings. The van der Waals surface area contributed by atoms with Crippen molar-refractivity contribution >= 4 is 13.7 Å². The van der Waals surface area contributed by atoms with Gasteiger partial charge < -0.3 is 19.5 Å². The SMILES string of the molecule is C=CCOP(=O)(OCC=C)OC1C(CC)OC(O/C=C\C)C(NC(=O)CCCCCCCCC/C=C\CCCCCC)C1OCC[C@H](C)CCCCCCC. The van der Waals surface area contributed by atoms with Gasteiger partial charge in [-0.15, -0.1) is 13.2 Å². The number of amides is 1. The first-order chi connectivity index (χ1) is 26.8. The lowest BCUT2D eigenvalue weighted by molar-refractivity contribution is -0.255. The third-order valence-corrected chi connectivity index (χ3v) is 11.5. The van der Waals surface area contributed by atoms with Gasteiger partial charge in [-0.25, -0.2) is 4.57 Å². The van der Waals surface area contributed by atoms with Gasteiger partial charge in [0.2, 0.25) is 12.2 Å². The minimum atomic E-state index is -4.11. The molecule has 55 heavy (non-hydrogen) atoms. The number of ether oxygens (including phenoxy) is 3. The molecule has 0 bridgehead atoms. The summed E-state index contributed by atoms with van der Waals surface area (Å²) >= 11 is 0. The first-order valence-corrected chi connectivity index (χ1v) is 23.5. The number of phosphoric ester groups is 1. The Kier molecular flexibility index (Phi) is 32.0. The van der Waals surface area contributed by atoms with E-state index in [4.69, 9.17) is 27.8 Å². The Bertz CT molecular complexity index is 1050. The van der Waals surface area contributed by atoms with Gasteiger partial charge in [0.1, 0.15) is 18.2 Å². The molecule has 0 saturated carbocycles. The zero-order chi connectivity index (χ0) is 40.4. The van der Waals surface area contributed by atoms with Gasteiger partial charge in [0, 0.05) is 13.0 Å². The Morgan fingerprint density at radius 3 is 1.93 bits per heavy atom. The number of carbonyl (C=O) groups is 1. The average Bonchev–Trinajstić information content (AvgIpc) is 3.18. The number of nitrogens with one attached hydrogen (secondary N) is 1. The van der Waals surface area contributed by atoms with E-state index in [2.05, 4.69) is 51.4 Å². The maximum atomic E-state index is 13.9. The molecule has 320 valence electrons. The van der Waals surface area contributed by atoms with E-state index >= 15 is 0 Å². The summed E-state index contributed by atoms with van der Waals surface area (Å²) in [6.07, 6.45) is 32.5. The van der Waals surface area contributed by atoms with E-state index in [0.29, 0.717) is 25.4 Å². The van der Waals surface area contributed by atoms with Crippen LogP contribution in [-0.2, 0) is 37.1 Å². The molecular formula is C45H82NO8P. The van der Waals surface area contributed by atoms with Gasteiger partial charge in [-0.3, -0.25) is 18.4 Å². The molecule has 6 atom stereocenters. The normalized spacial score (nSPS) is 20.9. The molecule has 0 spiro atoms. The summed E-state index contributed by atoms with van der Waals surface area (Å²) in [4.78, 5) is 13.5. The highest BCUT2D eigenvalue weighted by Crippen LogP contribution is 2.52. The summed E-state index contributed by atoms with van der Waals surface area (Å²) in [5.41, 5.74) is 0. The minimum absolute atomic E-state index is 0.0378. The van der Waals surface area contributed by atoms with Gasteiger partial charge in [-0.2, -0.15) is 0 Å². The average molecular weight is 796 g/mol. The molecule has 0 aliphatic carbocycles. The van der Waals surface area contributed by atoms with Gasteiger partial charge in [0.25, 0.3) is 0 Å². The third-order valence-electron chi connectivity index (χ3n) is 10.1. The maximum Gasteiger partial charge on any atom is 0.475 e. The van der Waals surface area contributed by atoms with E-state index in [-0.39, 0.29) is 19.1 Å². The summed E-state index contributed by atoms with van der Waals surface area (Å²) in [6.45, 7) is 18.3. The van der Waals surface area contributed by atoms with Crippen LogP contribution in [0, 0.1) is 5.92 Å². The third kappa shape index (κ3) is 24.6. The van der Waals surface area contributed by atoms with Crippen LogP contribution in [0.1, 0.15) is 176 Å². The minimum Gasteiger partial charge on any atom is -0.471 e. The highest BCUT2D eigenvalue weighted by Gasteiger charge is 2.51. The highest BCUT2D eigenvalue weighted by molar-refractivity contribution is 7.48. The van der Waals surface area contributed by atoms with Crippen molar-refractivity contribution in [2.45, 2.75) is 207 Å². The molecule has 1 rings (SSSR count). The fraction of sp³-hybridized carbons (Fsp3) is 0.800. The fourth-order valence-electron chi connectivity index (χ4n) is 6.78. The number of unbranched alkanes of at least 4 members (excludes halogenated alkanes) is 15. The molecule has 1 amide bonds. The predicted molar refractivity (Wildman–Crippen MR) is 228 cm³/mol. The van der Waals surface area contributed by atoms with Crippen LogP contribution >= 0.6 is 7.82 Å².